The van der Waals surface area contributed by atoms with E-state index >= 15 is 0 Å². The third-order valence-corrected chi connectivity index (χ3v) is 2.88. The Morgan fingerprint density at radius 2 is 2.11 bits per heavy atom. The molecule has 0 radical (unpaired) electrons. The van der Waals surface area contributed by atoms with Gasteiger partial charge in [0.05, 0.1) is 17.8 Å². The van der Waals surface area contributed by atoms with Crippen molar-refractivity contribution >= 4 is 12.0 Å². The topological polar surface area (TPSA) is 82.5 Å². The molecule has 1 saturated heterocycles. The number of carboxylic acid groups (broad SMARTS) is 1. The molecule has 0 aliphatic carbocycles. The van der Waals surface area contributed by atoms with E-state index in [1.807, 2.05) is 0 Å². The van der Waals surface area contributed by atoms with E-state index in [-0.39, 0.29) is 18.1 Å². The first kappa shape index (κ1) is 12.3. The highest BCUT2D eigenvalue weighted by Gasteiger charge is 2.17. The Bertz CT molecular complexity index is 456. The maximum Gasteiger partial charge on any atom is 0.335 e. The van der Waals surface area contributed by atoms with Crippen molar-refractivity contribution in [2.24, 2.45) is 0 Å². The van der Waals surface area contributed by atoms with Gasteiger partial charge in [-0.3, -0.25) is 4.98 Å². The zero-order chi connectivity index (χ0) is 13.0. The second-order valence-electron chi connectivity index (χ2n) is 4.19. The van der Waals surface area contributed by atoms with Crippen LogP contribution in [0.3, 0.4) is 0 Å². The Morgan fingerprint density at radius 3 is 2.78 bits per heavy atom. The third-order valence-electron chi connectivity index (χ3n) is 2.88. The molecule has 0 unspecified atom stereocenters. The summed E-state index contributed by atoms with van der Waals surface area (Å²) in [6.45, 7) is 1.82. The van der Waals surface area contributed by atoms with Gasteiger partial charge in [0.15, 0.2) is 0 Å². The zero-order valence-corrected chi connectivity index (χ0v) is 9.93. The first-order chi connectivity index (χ1) is 8.66. The number of hydrogen-bond donors (Lipinski definition) is 2. The van der Waals surface area contributed by atoms with E-state index in [9.17, 15) is 9.59 Å². The van der Waals surface area contributed by atoms with Gasteiger partial charge in [-0.1, -0.05) is 0 Å². The second kappa shape index (κ2) is 5.48. The number of aromatic carboxylic acids is 1. The Labute approximate surface area is 105 Å². The molecular formula is C12H15N3O3. The van der Waals surface area contributed by atoms with Gasteiger partial charge in [-0.05, 0) is 25.0 Å². The van der Waals surface area contributed by atoms with E-state index in [1.165, 1.54) is 18.3 Å². The Kier molecular flexibility index (Phi) is 3.76. The van der Waals surface area contributed by atoms with Gasteiger partial charge in [0.25, 0.3) is 0 Å². The molecule has 0 aromatic carbocycles. The summed E-state index contributed by atoms with van der Waals surface area (Å²) in [6, 6.07) is 2.77. The average Bonchev–Trinajstić information content (AvgIpc) is 2.90. The average molecular weight is 249 g/mol. The molecule has 0 bridgehead atoms. The highest BCUT2D eigenvalue weighted by atomic mass is 16.4. The number of hydrogen-bond acceptors (Lipinski definition) is 3. The molecule has 1 aromatic rings. The van der Waals surface area contributed by atoms with Gasteiger partial charge in [-0.2, -0.15) is 0 Å². The Balaban J connectivity index is 1.91. The van der Waals surface area contributed by atoms with Crippen LogP contribution in [0.1, 0.15) is 28.9 Å². The molecule has 1 aromatic heterocycles. The van der Waals surface area contributed by atoms with Gasteiger partial charge in [0, 0.05) is 19.3 Å². The predicted octanol–water partition coefficient (Wildman–Crippen LogP) is 1.09. The third kappa shape index (κ3) is 2.97. The quantitative estimate of drug-likeness (QED) is 0.839. The number of rotatable bonds is 3. The smallest absolute Gasteiger partial charge is 0.335 e. The normalized spacial score (nSPS) is 14.6. The summed E-state index contributed by atoms with van der Waals surface area (Å²) in [7, 11) is 0. The van der Waals surface area contributed by atoms with E-state index in [2.05, 4.69) is 10.3 Å². The molecule has 2 heterocycles. The maximum atomic E-state index is 11.7. The number of aromatic nitrogens is 1. The lowest BCUT2D eigenvalue weighted by molar-refractivity contribution is 0.0696. The van der Waals surface area contributed by atoms with Crippen LogP contribution >= 0.6 is 0 Å². The monoisotopic (exact) mass is 249 g/mol. The highest BCUT2D eigenvalue weighted by molar-refractivity contribution is 5.87. The summed E-state index contributed by atoms with van der Waals surface area (Å²) in [5.41, 5.74) is 0.720. The van der Waals surface area contributed by atoms with Crippen LogP contribution in [0.15, 0.2) is 18.3 Å². The first-order valence-corrected chi connectivity index (χ1v) is 5.88. The molecule has 6 nitrogen and oxygen atoms in total. The minimum atomic E-state index is -0.996. The summed E-state index contributed by atoms with van der Waals surface area (Å²) < 4.78 is 0. The van der Waals surface area contributed by atoms with Gasteiger partial charge in [-0.15, -0.1) is 0 Å². The second-order valence-corrected chi connectivity index (χ2v) is 4.19. The van der Waals surface area contributed by atoms with Crippen LogP contribution in [0.5, 0.6) is 0 Å². The van der Waals surface area contributed by atoms with E-state index in [0.29, 0.717) is 5.69 Å². The lowest BCUT2D eigenvalue weighted by Crippen LogP contribution is -2.37. The van der Waals surface area contributed by atoms with Crippen molar-refractivity contribution in [2.75, 3.05) is 13.1 Å². The number of nitrogens with one attached hydrogen (secondary N) is 1. The summed E-state index contributed by atoms with van der Waals surface area (Å²) in [5.74, 6) is -0.996. The van der Waals surface area contributed by atoms with Crippen LogP contribution in [0, 0.1) is 0 Å². The van der Waals surface area contributed by atoms with Crippen LogP contribution in [-0.2, 0) is 6.54 Å². The molecule has 2 N–H and O–H groups in total. The molecule has 0 saturated carbocycles. The van der Waals surface area contributed by atoms with Crippen molar-refractivity contribution in [3.63, 3.8) is 0 Å². The number of pyridine rings is 1. The Morgan fingerprint density at radius 1 is 1.39 bits per heavy atom. The number of carboxylic acids is 1. The summed E-state index contributed by atoms with van der Waals surface area (Å²) in [4.78, 5) is 28.3. The number of amides is 2. The summed E-state index contributed by atoms with van der Waals surface area (Å²) in [6.07, 6.45) is 3.52. The van der Waals surface area contributed by atoms with E-state index in [0.717, 1.165) is 25.9 Å². The number of urea groups is 1. The van der Waals surface area contributed by atoms with Crippen LogP contribution in [0.2, 0.25) is 0 Å². The van der Waals surface area contributed by atoms with Crippen LogP contribution in [0.25, 0.3) is 0 Å². The first-order valence-electron chi connectivity index (χ1n) is 5.88. The number of nitrogens with zero attached hydrogens (tertiary/aromatic N) is 2. The molecule has 1 aliphatic heterocycles. The summed E-state index contributed by atoms with van der Waals surface area (Å²) in [5, 5.41) is 11.6. The van der Waals surface area contributed by atoms with Gasteiger partial charge < -0.3 is 15.3 Å². The minimum Gasteiger partial charge on any atom is -0.478 e. The molecule has 1 fully saturated rings. The van der Waals surface area contributed by atoms with Crippen molar-refractivity contribution in [3.05, 3.63) is 29.6 Å². The molecule has 2 amide bonds. The standard InChI is InChI=1S/C12H15N3O3/c16-11(17)9-3-4-13-10(7-9)8-14-12(18)15-5-1-2-6-15/h3-4,7H,1-2,5-6,8H2,(H,14,18)(H,16,17). The van der Waals surface area contributed by atoms with Crippen molar-refractivity contribution in [3.8, 4) is 0 Å². The zero-order valence-electron chi connectivity index (χ0n) is 9.93. The van der Waals surface area contributed by atoms with Crippen molar-refractivity contribution in [1.29, 1.82) is 0 Å². The lowest BCUT2D eigenvalue weighted by atomic mass is 10.2. The predicted molar refractivity (Wildman–Crippen MR) is 64.2 cm³/mol. The SMILES string of the molecule is O=C(O)c1ccnc(CNC(=O)N2CCCC2)c1. The highest BCUT2D eigenvalue weighted by Crippen LogP contribution is 2.07. The van der Waals surface area contributed by atoms with Gasteiger partial charge in [0.1, 0.15) is 0 Å². The van der Waals surface area contributed by atoms with Crippen LogP contribution in [-0.4, -0.2) is 40.1 Å². The van der Waals surface area contributed by atoms with E-state index in [1.54, 1.807) is 4.90 Å². The van der Waals surface area contributed by atoms with Gasteiger partial charge >= 0.3 is 12.0 Å². The Hall–Kier alpha value is -2.11. The van der Waals surface area contributed by atoms with Crippen molar-refractivity contribution in [1.82, 2.24) is 15.2 Å². The number of likely N-dealkylation sites (tertiary alicyclic amines) is 1. The molecule has 18 heavy (non-hydrogen) atoms. The van der Waals surface area contributed by atoms with Crippen LogP contribution in [0.4, 0.5) is 4.79 Å². The van der Waals surface area contributed by atoms with Gasteiger partial charge in [0.2, 0.25) is 0 Å². The fraction of sp³-hybridized carbons (Fsp3) is 0.417. The van der Waals surface area contributed by atoms with E-state index in [4.69, 9.17) is 5.11 Å². The van der Waals surface area contributed by atoms with Crippen molar-refractivity contribution in [2.45, 2.75) is 19.4 Å². The van der Waals surface area contributed by atoms with E-state index < -0.39 is 5.97 Å². The molecule has 0 atom stereocenters. The fourth-order valence-electron chi connectivity index (χ4n) is 1.91. The molecule has 6 heteroatoms. The molecule has 1 aliphatic rings. The number of carbonyl (C=O) groups excluding carboxylic acids is 1. The molecular weight excluding hydrogens is 234 g/mol. The molecule has 96 valence electrons. The fourth-order valence-corrected chi connectivity index (χ4v) is 1.91. The van der Waals surface area contributed by atoms with Gasteiger partial charge in [-0.25, -0.2) is 9.59 Å². The lowest BCUT2D eigenvalue weighted by Gasteiger charge is -2.15. The largest absolute Gasteiger partial charge is 0.478 e. The minimum absolute atomic E-state index is 0.116. The molecule has 2 rings (SSSR count). The number of carbonyl (C=O) groups is 2. The maximum absolute atomic E-state index is 11.7. The van der Waals surface area contributed by atoms with Crippen molar-refractivity contribution < 1.29 is 14.7 Å². The molecule has 0 spiro atoms. The summed E-state index contributed by atoms with van der Waals surface area (Å²) >= 11 is 0. The van der Waals surface area contributed by atoms with Crippen LogP contribution < -0.4 is 5.32 Å².